The summed E-state index contributed by atoms with van der Waals surface area (Å²) in [7, 11) is 0. The summed E-state index contributed by atoms with van der Waals surface area (Å²) in [6, 6.07) is 19.2. The minimum atomic E-state index is 0.850. The van der Waals surface area contributed by atoms with Gasteiger partial charge in [0.25, 0.3) is 0 Å². The maximum absolute atomic E-state index is 4.42. The highest BCUT2D eigenvalue weighted by Gasteiger charge is 2.11. The smallest absolute Gasteiger partial charge is 0.191 e. The molecule has 0 radical (unpaired) electrons. The van der Waals surface area contributed by atoms with Crippen LogP contribution in [0, 0.1) is 6.92 Å². The van der Waals surface area contributed by atoms with Crippen molar-refractivity contribution in [3.05, 3.63) is 71.5 Å². The summed E-state index contributed by atoms with van der Waals surface area (Å²) in [4.78, 5) is 1.27. The monoisotopic (exact) mass is 369 g/mol. The average Bonchev–Trinajstić information content (AvgIpc) is 3.04. The van der Waals surface area contributed by atoms with E-state index in [2.05, 4.69) is 83.2 Å². The van der Waals surface area contributed by atoms with Crippen LogP contribution in [0.25, 0.3) is 0 Å². The van der Waals surface area contributed by atoms with Crippen LogP contribution in [0.2, 0.25) is 0 Å². The highest BCUT2D eigenvalue weighted by molar-refractivity contribution is 7.99. The Morgan fingerprint density at radius 2 is 1.68 bits per heavy atom. The van der Waals surface area contributed by atoms with Crippen molar-refractivity contribution in [2.24, 2.45) is 0 Å². The van der Waals surface area contributed by atoms with Crippen molar-refractivity contribution in [2.75, 3.05) is 5.75 Å². The van der Waals surface area contributed by atoms with E-state index in [0.29, 0.717) is 0 Å². The highest BCUT2D eigenvalue weighted by Crippen LogP contribution is 2.25. The van der Waals surface area contributed by atoms with Crippen LogP contribution in [0.4, 0.5) is 0 Å². The Hall–Kier alpha value is -1.72. The Morgan fingerprint density at radius 1 is 0.920 bits per heavy atom. The summed E-state index contributed by atoms with van der Waals surface area (Å²) >= 11 is 3.60. The third-order valence-electron chi connectivity index (χ3n) is 3.96. The number of benzene rings is 2. The first kappa shape index (κ1) is 18.1. The molecule has 0 aliphatic heterocycles. The third-order valence-corrected chi connectivity index (χ3v) is 5.94. The van der Waals surface area contributed by atoms with Crippen molar-refractivity contribution >= 4 is 23.5 Å². The molecule has 3 aromatic rings. The van der Waals surface area contributed by atoms with Gasteiger partial charge in [0.05, 0.1) is 5.75 Å². The van der Waals surface area contributed by atoms with Crippen LogP contribution in [0.3, 0.4) is 0 Å². The fourth-order valence-corrected chi connectivity index (χ4v) is 4.38. The summed E-state index contributed by atoms with van der Waals surface area (Å²) in [5.74, 6) is 2.92. The van der Waals surface area contributed by atoms with E-state index in [9.17, 15) is 0 Å². The second-order valence-corrected chi connectivity index (χ2v) is 7.94. The Labute approximate surface area is 158 Å². The largest absolute Gasteiger partial charge is 0.306 e. The topological polar surface area (TPSA) is 30.7 Å². The molecule has 0 spiro atoms. The Morgan fingerprint density at radius 3 is 2.40 bits per heavy atom. The summed E-state index contributed by atoms with van der Waals surface area (Å²) in [6.45, 7) is 5.18. The predicted molar refractivity (Wildman–Crippen MR) is 107 cm³/mol. The molecule has 0 saturated carbocycles. The molecule has 3 nitrogen and oxygen atoms in total. The number of aromatic nitrogens is 3. The second kappa shape index (κ2) is 9.11. The predicted octanol–water partition coefficient (Wildman–Crippen LogP) is 5.23. The molecule has 0 atom stereocenters. The molecule has 130 valence electrons. The zero-order valence-electron chi connectivity index (χ0n) is 14.7. The van der Waals surface area contributed by atoms with E-state index in [1.807, 2.05) is 11.8 Å². The highest BCUT2D eigenvalue weighted by atomic mass is 32.2. The fraction of sp³-hybridized carbons (Fsp3) is 0.300. The summed E-state index contributed by atoms with van der Waals surface area (Å²) in [5, 5.41) is 9.85. The molecule has 5 heteroatoms. The number of rotatable bonds is 8. The van der Waals surface area contributed by atoms with Crippen LogP contribution in [-0.4, -0.2) is 20.5 Å². The molecule has 1 heterocycles. The molecule has 0 saturated heterocycles. The van der Waals surface area contributed by atoms with Gasteiger partial charge in [-0.15, -0.1) is 22.0 Å². The van der Waals surface area contributed by atoms with Crippen LogP contribution in [0.15, 0.2) is 64.6 Å². The van der Waals surface area contributed by atoms with Crippen LogP contribution >= 0.6 is 23.5 Å². The summed E-state index contributed by atoms with van der Waals surface area (Å²) < 4.78 is 2.23. The Bertz CT molecular complexity index is 782. The summed E-state index contributed by atoms with van der Waals surface area (Å²) in [5.41, 5.74) is 2.66. The van der Waals surface area contributed by atoms with Gasteiger partial charge in [0, 0.05) is 17.2 Å². The zero-order valence-corrected chi connectivity index (χ0v) is 16.3. The lowest BCUT2D eigenvalue weighted by Gasteiger charge is -2.07. The van der Waals surface area contributed by atoms with Gasteiger partial charge in [-0.05, 0) is 38.0 Å². The first-order valence-electron chi connectivity index (χ1n) is 8.54. The molecule has 0 N–H and O–H groups in total. The van der Waals surface area contributed by atoms with Gasteiger partial charge in [0.2, 0.25) is 0 Å². The molecular formula is C20H23N3S2. The maximum Gasteiger partial charge on any atom is 0.191 e. The molecule has 3 rings (SSSR count). The van der Waals surface area contributed by atoms with Crippen LogP contribution < -0.4 is 0 Å². The normalized spacial score (nSPS) is 11.0. The minimum absolute atomic E-state index is 0.850. The van der Waals surface area contributed by atoms with Gasteiger partial charge in [-0.2, -0.15) is 0 Å². The van der Waals surface area contributed by atoms with Crippen molar-refractivity contribution in [3.63, 3.8) is 0 Å². The molecule has 0 amide bonds. The van der Waals surface area contributed by atoms with Crippen molar-refractivity contribution in [1.82, 2.24) is 14.8 Å². The van der Waals surface area contributed by atoms with Crippen molar-refractivity contribution in [3.8, 4) is 0 Å². The summed E-state index contributed by atoms with van der Waals surface area (Å²) in [6.07, 6.45) is 1.05. The lowest BCUT2D eigenvalue weighted by Crippen LogP contribution is -2.02. The molecule has 0 aliphatic carbocycles. The van der Waals surface area contributed by atoms with E-state index in [1.165, 1.54) is 16.0 Å². The molecule has 2 aromatic carbocycles. The van der Waals surface area contributed by atoms with Gasteiger partial charge in [-0.25, -0.2) is 0 Å². The second-order valence-electron chi connectivity index (χ2n) is 5.83. The average molecular weight is 370 g/mol. The van der Waals surface area contributed by atoms with Gasteiger partial charge >= 0.3 is 0 Å². The first-order valence-corrected chi connectivity index (χ1v) is 10.5. The van der Waals surface area contributed by atoms with E-state index >= 15 is 0 Å². The quantitative estimate of drug-likeness (QED) is 0.509. The van der Waals surface area contributed by atoms with Crippen molar-refractivity contribution in [1.29, 1.82) is 0 Å². The fourth-order valence-electron chi connectivity index (χ4n) is 2.54. The van der Waals surface area contributed by atoms with Gasteiger partial charge in [0.1, 0.15) is 5.82 Å². The number of thioether (sulfide) groups is 2. The zero-order chi connectivity index (χ0) is 17.5. The minimum Gasteiger partial charge on any atom is -0.306 e. The van der Waals surface area contributed by atoms with Crippen molar-refractivity contribution in [2.45, 2.75) is 42.6 Å². The van der Waals surface area contributed by atoms with Crippen LogP contribution in [0.5, 0.6) is 0 Å². The lowest BCUT2D eigenvalue weighted by molar-refractivity contribution is 0.659. The molecule has 0 unspecified atom stereocenters. The van der Waals surface area contributed by atoms with Crippen LogP contribution in [-0.2, 0) is 18.7 Å². The molecular weight excluding hydrogens is 346 g/mol. The van der Waals surface area contributed by atoms with Gasteiger partial charge in [-0.3, -0.25) is 0 Å². The van der Waals surface area contributed by atoms with E-state index in [-0.39, 0.29) is 0 Å². The number of nitrogens with zero attached hydrogens (tertiary/aromatic N) is 3. The molecule has 0 bridgehead atoms. The molecule has 0 fully saturated rings. The maximum atomic E-state index is 4.42. The van der Waals surface area contributed by atoms with E-state index in [1.54, 1.807) is 11.8 Å². The standard InChI is InChI=1S/C20H23N3S2/c1-3-23-19(15-25-18-11-9-16(2)10-12-18)21-22-20(23)24-14-13-17-7-5-4-6-8-17/h4-12H,3,13-15H2,1-2H3. The van der Waals surface area contributed by atoms with Gasteiger partial charge in [-0.1, -0.05) is 59.8 Å². The molecule has 25 heavy (non-hydrogen) atoms. The third kappa shape index (κ3) is 5.13. The van der Waals surface area contributed by atoms with Gasteiger partial charge in [0.15, 0.2) is 5.16 Å². The lowest BCUT2D eigenvalue weighted by atomic mass is 10.2. The first-order chi connectivity index (χ1) is 12.3. The van der Waals surface area contributed by atoms with E-state index in [0.717, 1.165) is 35.5 Å². The van der Waals surface area contributed by atoms with E-state index in [4.69, 9.17) is 0 Å². The number of hydrogen-bond donors (Lipinski definition) is 0. The molecule has 0 aliphatic rings. The Balaban J connectivity index is 1.57. The number of aryl methyl sites for hydroxylation is 2. The molecule has 1 aromatic heterocycles. The SMILES string of the molecule is CCn1c(CSc2ccc(C)cc2)nnc1SCCc1ccccc1. The van der Waals surface area contributed by atoms with Gasteiger partial charge < -0.3 is 4.57 Å². The Kier molecular flexibility index (Phi) is 6.59. The van der Waals surface area contributed by atoms with Crippen LogP contribution in [0.1, 0.15) is 23.9 Å². The number of hydrogen-bond acceptors (Lipinski definition) is 4. The van der Waals surface area contributed by atoms with Crippen molar-refractivity contribution < 1.29 is 0 Å². The van der Waals surface area contributed by atoms with E-state index < -0.39 is 0 Å².